The lowest BCUT2D eigenvalue weighted by molar-refractivity contribution is 0.0960. The Hall–Kier alpha value is -3.23. The standard InChI is InChI=1S/C23H21ClN4O3S/c1-25-21(30)16-11-14(8-9-17(16)24)27-22(31)19-15-6-2-3-7-18(15)32-23(19)28-20(29)13-5-4-10-26-12-13/h4-5,8-12H,2-3,6-7H2,1H3,(H,25,30)(H,27,31)(H,28,29). The number of fused-ring (bicyclic) bond motifs is 1. The topological polar surface area (TPSA) is 100 Å². The summed E-state index contributed by atoms with van der Waals surface area (Å²) < 4.78 is 0. The molecular weight excluding hydrogens is 448 g/mol. The lowest BCUT2D eigenvalue weighted by Gasteiger charge is -2.14. The molecule has 0 unspecified atom stereocenters. The number of hydrogen-bond acceptors (Lipinski definition) is 5. The maximum atomic E-state index is 13.3. The lowest BCUT2D eigenvalue weighted by atomic mass is 9.95. The van der Waals surface area contributed by atoms with Crippen LogP contribution < -0.4 is 16.0 Å². The number of nitrogens with zero attached hydrogens (tertiary/aromatic N) is 1. The highest BCUT2D eigenvalue weighted by molar-refractivity contribution is 7.17. The van der Waals surface area contributed by atoms with Crippen molar-refractivity contribution in [1.29, 1.82) is 0 Å². The molecule has 164 valence electrons. The van der Waals surface area contributed by atoms with Gasteiger partial charge < -0.3 is 16.0 Å². The lowest BCUT2D eigenvalue weighted by Crippen LogP contribution is -2.20. The van der Waals surface area contributed by atoms with Gasteiger partial charge in [0, 0.05) is 30.0 Å². The molecule has 2 heterocycles. The van der Waals surface area contributed by atoms with Gasteiger partial charge in [-0.3, -0.25) is 19.4 Å². The number of hydrogen-bond donors (Lipinski definition) is 3. The van der Waals surface area contributed by atoms with Gasteiger partial charge in [0.15, 0.2) is 0 Å². The third kappa shape index (κ3) is 4.51. The van der Waals surface area contributed by atoms with E-state index in [0.717, 1.165) is 36.1 Å². The van der Waals surface area contributed by atoms with Gasteiger partial charge >= 0.3 is 0 Å². The maximum Gasteiger partial charge on any atom is 0.258 e. The summed E-state index contributed by atoms with van der Waals surface area (Å²) >= 11 is 7.56. The van der Waals surface area contributed by atoms with Crippen LogP contribution in [0.1, 0.15) is 54.4 Å². The van der Waals surface area contributed by atoms with Crippen LogP contribution in [0.4, 0.5) is 10.7 Å². The Morgan fingerprint density at radius 1 is 1.03 bits per heavy atom. The van der Waals surface area contributed by atoms with Gasteiger partial charge in [0.25, 0.3) is 17.7 Å². The largest absolute Gasteiger partial charge is 0.355 e. The fourth-order valence-electron chi connectivity index (χ4n) is 3.67. The SMILES string of the molecule is CNC(=O)c1cc(NC(=O)c2c(NC(=O)c3cccnc3)sc3c2CCCC3)ccc1Cl. The average Bonchev–Trinajstić information content (AvgIpc) is 3.18. The van der Waals surface area contributed by atoms with Crippen molar-refractivity contribution >= 4 is 51.3 Å². The molecule has 7 nitrogen and oxygen atoms in total. The summed E-state index contributed by atoms with van der Waals surface area (Å²) in [6.45, 7) is 0. The first kappa shape index (κ1) is 22.0. The quantitative estimate of drug-likeness (QED) is 0.511. The van der Waals surface area contributed by atoms with E-state index in [0.29, 0.717) is 26.8 Å². The second-order valence-electron chi connectivity index (χ2n) is 7.34. The molecular formula is C23H21ClN4O3S. The first-order valence-corrected chi connectivity index (χ1v) is 11.4. The van der Waals surface area contributed by atoms with E-state index in [1.54, 1.807) is 30.5 Å². The molecule has 0 saturated heterocycles. The molecule has 0 bridgehead atoms. The summed E-state index contributed by atoms with van der Waals surface area (Å²) in [5.41, 5.74) is 2.57. The van der Waals surface area contributed by atoms with Crippen LogP contribution in [0.3, 0.4) is 0 Å². The van der Waals surface area contributed by atoms with Crippen molar-refractivity contribution in [2.45, 2.75) is 25.7 Å². The number of carbonyl (C=O) groups is 3. The van der Waals surface area contributed by atoms with Crippen molar-refractivity contribution in [2.75, 3.05) is 17.7 Å². The Labute approximate surface area is 194 Å². The molecule has 1 aromatic carbocycles. The summed E-state index contributed by atoms with van der Waals surface area (Å²) in [7, 11) is 1.51. The first-order chi connectivity index (χ1) is 15.5. The number of amides is 3. The van der Waals surface area contributed by atoms with Gasteiger partial charge in [-0.25, -0.2) is 0 Å². The van der Waals surface area contributed by atoms with Crippen molar-refractivity contribution in [2.24, 2.45) is 0 Å². The molecule has 3 N–H and O–H groups in total. The molecule has 4 rings (SSSR count). The molecule has 9 heteroatoms. The molecule has 1 aliphatic carbocycles. The fourth-order valence-corrected chi connectivity index (χ4v) is 5.16. The van der Waals surface area contributed by atoms with Crippen LogP contribution in [0.25, 0.3) is 0 Å². The molecule has 32 heavy (non-hydrogen) atoms. The van der Waals surface area contributed by atoms with E-state index < -0.39 is 0 Å². The Morgan fingerprint density at radius 2 is 1.84 bits per heavy atom. The Morgan fingerprint density at radius 3 is 2.59 bits per heavy atom. The fraction of sp³-hybridized carbons (Fsp3) is 0.217. The van der Waals surface area contributed by atoms with Gasteiger partial charge in [-0.05, 0) is 61.6 Å². The molecule has 0 aliphatic heterocycles. The molecule has 0 saturated carbocycles. The van der Waals surface area contributed by atoms with Crippen LogP contribution in [0, 0.1) is 0 Å². The van der Waals surface area contributed by atoms with E-state index in [9.17, 15) is 14.4 Å². The number of anilines is 2. The Kier molecular flexibility index (Phi) is 6.53. The van der Waals surface area contributed by atoms with Crippen molar-refractivity contribution in [3.63, 3.8) is 0 Å². The highest BCUT2D eigenvalue weighted by atomic mass is 35.5. The smallest absolute Gasteiger partial charge is 0.258 e. The van der Waals surface area contributed by atoms with E-state index >= 15 is 0 Å². The monoisotopic (exact) mass is 468 g/mol. The van der Waals surface area contributed by atoms with E-state index in [4.69, 9.17) is 11.6 Å². The zero-order chi connectivity index (χ0) is 22.7. The normalized spacial score (nSPS) is 12.6. The summed E-state index contributed by atoms with van der Waals surface area (Å²) in [4.78, 5) is 43.2. The van der Waals surface area contributed by atoms with Gasteiger partial charge in [-0.1, -0.05) is 11.6 Å². The Balaban J connectivity index is 1.65. The minimum absolute atomic E-state index is 0.268. The average molecular weight is 469 g/mol. The van der Waals surface area contributed by atoms with Gasteiger partial charge in [-0.15, -0.1) is 11.3 Å². The second kappa shape index (κ2) is 9.50. The number of aromatic nitrogens is 1. The maximum absolute atomic E-state index is 13.3. The zero-order valence-electron chi connectivity index (χ0n) is 17.3. The molecule has 3 amide bonds. The molecule has 0 spiro atoms. The van der Waals surface area contributed by atoms with Crippen LogP contribution in [0.5, 0.6) is 0 Å². The number of pyridine rings is 1. The zero-order valence-corrected chi connectivity index (χ0v) is 18.9. The van der Waals surface area contributed by atoms with Crippen molar-refractivity contribution < 1.29 is 14.4 Å². The Bertz CT molecular complexity index is 1190. The third-order valence-corrected chi connectivity index (χ3v) is 6.78. The third-order valence-electron chi connectivity index (χ3n) is 5.25. The number of nitrogens with one attached hydrogen (secondary N) is 3. The van der Waals surface area contributed by atoms with Crippen molar-refractivity contribution in [3.8, 4) is 0 Å². The summed E-state index contributed by atoms with van der Waals surface area (Å²) in [5.74, 6) is -1.00. The van der Waals surface area contributed by atoms with Crippen LogP contribution >= 0.6 is 22.9 Å². The molecule has 1 aliphatic rings. The van der Waals surface area contributed by atoms with Crippen molar-refractivity contribution in [3.05, 3.63) is 74.9 Å². The second-order valence-corrected chi connectivity index (χ2v) is 8.85. The number of benzene rings is 1. The summed E-state index contributed by atoms with van der Waals surface area (Å²) in [6, 6.07) is 8.09. The first-order valence-electron chi connectivity index (χ1n) is 10.2. The molecule has 2 aromatic heterocycles. The highest BCUT2D eigenvalue weighted by Crippen LogP contribution is 2.39. The van der Waals surface area contributed by atoms with E-state index in [1.807, 2.05) is 0 Å². The highest BCUT2D eigenvalue weighted by Gasteiger charge is 2.27. The number of halogens is 1. The van der Waals surface area contributed by atoms with Gasteiger partial charge in [0.1, 0.15) is 5.00 Å². The van der Waals surface area contributed by atoms with E-state index in [1.165, 1.54) is 30.6 Å². The number of carbonyl (C=O) groups excluding carboxylic acids is 3. The van der Waals surface area contributed by atoms with E-state index in [-0.39, 0.29) is 23.3 Å². The number of thiophene rings is 1. The van der Waals surface area contributed by atoms with Crippen LogP contribution in [0.2, 0.25) is 5.02 Å². The summed E-state index contributed by atoms with van der Waals surface area (Å²) in [6.07, 6.45) is 6.78. The minimum atomic E-state index is -0.344. The molecule has 3 aromatic rings. The molecule has 0 radical (unpaired) electrons. The van der Waals surface area contributed by atoms with Gasteiger partial charge in [0.05, 0.1) is 21.7 Å². The van der Waals surface area contributed by atoms with Gasteiger partial charge in [-0.2, -0.15) is 0 Å². The minimum Gasteiger partial charge on any atom is -0.355 e. The number of rotatable bonds is 5. The predicted molar refractivity (Wildman–Crippen MR) is 126 cm³/mol. The van der Waals surface area contributed by atoms with Crippen molar-refractivity contribution in [1.82, 2.24) is 10.3 Å². The molecule has 0 fully saturated rings. The predicted octanol–water partition coefficient (Wildman–Crippen LogP) is 4.54. The van der Waals surface area contributed by atoms with Crippen LogP contribution in [0.15, 0.2) is 42.7 Å². The van der Waals surface area contributed by atoms with E-state index in [2.05, 4.69) is 20.9 Å². The van der Waals surface area contributed by atoms with Crippen LogP contribution in [-0.4, -0.2) is 29.8 Å². The summed E-state index contributed by atoms with van der Waals surface area (Å²) in [5, 5.41) is 9.09. The van der Waals surface area contributed by atoms with Gasteiger partial charge in [0.2, 0.25) is 0 Å². The molecule has 0 atom stereocenters. The number of aryl methyl sites for hydroxylation is 1. The van der Waals surface area contributed by atoms with Crippen LogP contribution in [-0.2, 0) is 12.8 Å².